The van der Waals surface area contributed by atoms with Gasteiger partial charge in [-0.05, 0) is 12.1 Å². The monoisotopic (exact) mass is 347 g/mol. The maximum Gasteiger partial charge on any atom is 0.305 e. The molecule has 1 amide bonds. The number of rotatable bonds is 5. The molecule has 0 bridgehead atoms. The first-order valence-corrected chi connectivity index (χ1v) is 8.17. The zero-order valence-electron chi connectivity index (χ0n) is 11.6. The molecule has 120 valence electrons. The largest absolute Gasteiger partial charge is 0.484 e. The average molecular weight is 348 g/mol. The van der Waals surface area contributed by atoms with Gasteiger partial charge in [0, 0.05) is 24.1 Å². The van der Waals surface area contributed by atoms with E-state index in [2.05, 4.69) is 0 Å². The Hall–Kier alpha value is -1.47. The first-order valence-electron chi connectivity index (χ1n) is 6.64. The number of aliphatic carboxylic acids is 1. The molecule has 1 aliphatic rings. The quantitative estimate of drug-likeness (QED) is 0.885. The number of carboxylic acids is 1. The molecule has 22 heavy (non-hydrogen) atoms. The van der Waals surface area contributed by atoms with Gasteiger partial charge in [-0.2, -0.15) is 11.8 Å². The van der Waals surface area contributed by atoms with E-state index in [0.717, 1.165) is 11.8 Å². The molecule has 0 saturated carbocycles. The molecule has 2 rings (SSSR count). The van der Waals surface area contributed by atoms with Crippen LogP contribution in [0, 0.1) is 5.82 Å². The van der Waals surface area contributed by atoms with Gasteiger partial charge in [0.1, 0.15) is 11.6 Å². The standard InChI is InChI=1S/C14H15ClFNO4S/c15-11-6-10(1-2-12(11)16)21-7-13(18)17-3-4-22-8-9(17)5-14(19)20/h1-2,6,9H,3-5,7-8H2,(H,19,20). The summed E-state index contributed by atoms with van der Waals surface area (Å²) >= 11 is 7.27. The van der Waals surface area contributed by atoms with Gasteiger partial charge in [-0.3, -0.25) is 9.59 Å². The van der Waals surface area contributed by atoms with Crippen LogP contribution in [0.15, 0.2) is 18.2 Å². The first-order chi connectivity index (χ1) is 10.5. The van der Waals surface area contributed by atoms with Gasteiger partial charge in [0.25, 0.3) is 5.91 Å². The van der Waals surface area contributed by atoms with Crippen LogP contribution in [0.1, 0.15) is 6.42 Å². The third-order valence-corrected chi connectivity index (χ3v) is 4.59. The number of carboxylic acid groups (broad SMARTS) is 1. The Labute approximate surface area is 136 Å². The molecule has 1 heterocycles. The third-order valence-electron chi connectivity index (χ3n) is 3.21. The fraction of sp³-hybridized carbons (Fsp3) is 0.429. The highest BCUT2D eigenvalue weighted by Crippen LogP contribution is 2.22. The van der Waals surface area contributed by atoms with Crippen molar-refractivity contribution in [1.82, 2.24) is 4.90 Å². The van der Waals surface area contributed by atoms with E-state index in [1.54, 1.807) is 11.8 Å². The Morgan fingerprint density at radius 2 is 2.27 bits per heavy atom. The van der Waals surface area contributed by atoms with Crippen LogP contribution in [0.2, 0.25) is 5.02 Å². The zero-order chi connectivity index (χ0) is 16.1. The summed E-state index contributed by atoms with van der Waals surface area (Å²) in [6.07, 6.45) is -0.0822. The number of benzene rings is 1. The van der Waals surface area contributed by atoms with Gasteiger partial charge >= 0.3 is 5.97 Å². The van der Waals surface area contributed by atoms with E-state index in [0.29, 0.717) is 18.0 Å². The number of hydrogen-bond donors (Lipinski definition) is 1. The van der Waals surface area contributed by atoms with Crippen molar-refractivity contribution >= 4 is 35.2 Å². The normalized spacial score (nSPS) is 18.1. The Morgan fingerprint density at radius 3 is 2.95 bits per heavy atom. The second-order valence-electron chi connectivity index (χ2n) is 4.78. The van der Waals surface area contributed by atoms with Crippen LogP contribution in [0.4, 0.5) is 4.39 Å². The zero-order valence-corrected chi connectivity index (χ0v) is 13.2. The highest BCUT2D eigenvalue weighted by atomic mass is 35.5. The molecule has 1 aliphatic heterocycles. The number of nitrogens with zero attached hydrogens (tertiary/aromatic N) is 1. The van der Waals surface area contributed by atoms with Gasteiger partial charge in [0.2, 0.25) is 0 Å². The van der Waals surface area contributed by atoms with Crippen molar-refractivity contribution in [2.45, 2.75) is 12.5 Å². The molecule has 1 unspecified atom stereocenters. The van der Waals surface area contributed by atoms with Crippen molar-refractivity contribution in [1.29, 1.82) is 0 Å². The number of hydrogen-bond acceptors (Lipinski definition) is 4. The highest BCUT2D eigenvalue weighted by molar-refractivity contribution is 7.99. The van der Waals surface area contributed by atoms with Gasteiger partial charge in [0.05, 0.1) is 17.5 Å². The molecular weight excluding hydrogens is 333 g/mol. The van der Waals surface area contributed by atoms with Crippen LogP contribution in [0.5, 0.6) is 5.75 Å². The van der Waals surface area contributed by atoms with Crippen molar-refractivity contribution in [2.24, 2.45) is 0 Å². The van der Waals surface area contributed by atoms with E-state index >= 15 is 0 Å². The number of thioether (sulfide) groups is 1. The first kappa shape index (κ1) is 16.9. The van der Waals surface area contributed by atoms with E-state index in [1.165, 1.54) is 17.0 Å². The smallest absolute Gasteiger partial charge is 0.305 e. The Morgan fingerprint density at radius 1 is 1.50 bits per heavy atom. The third kappa shape index (κ3) is 4.51. The Kier molecular flexibility index (Phi) is 5.90. The summed E-state index contributed by atoms with van der Waals surface area (Å²) in [6, 6.07) is 3.51. The average Bonchev–Trinajstić information content (AvgIpc) is 2.48. The number of halogens is 2. The summed E-state index contributed by atoms with van der Waals surface area (Å²) in [5, 5.41) is 8.82. The summed E-state index contributed by atoms with van der Waals surface area (Å²) in [6.45, 7) is 0.262. The van der Waals surface area contributed by atoms with Gasteiger partial charge < -0.3 is 14.7 Å². The minimum absolute atomic E-state index is 0.0805. The lowest BCUT2D eigenvalue weighted by atomic mass is 10.2. The molecule has 0 spiro atoms. The lowest BCUT2D eigenvalue weighted by Gasteiger charge is -2.34. The van der Waals surface area contributed by atoms with Crippen LogP contribution < -0.4 is 4.74 Å². The van der Waals surface area contributed by atoms with E-state index in [4.69, 9.17) is 21.4 Å². The second kappa shape index (κ2) is 7.69. The summed E-state index contributed by atoms with van der Waals surface area (Å²) in [5.41, 5.74) is 0. The summed E-state index contributed by atoms with van der Waals surface area (Å²) < 4.78 is 18.4. The molecule has 5 nitrogen and oxygen atoms in total. The van der Waals surface area contributed by atoms with E-state index in [9.17, 15) is 14.0 Å². The molecule has 1 saturated heterocycles. The highest BCUT2D eigenvalue weighted by Gasteiger charge is 2.28. The molecule has 8 heteroatoms. The Balaban J connectivity index is 1.94. The molecule has 1 aromatic rings. The van der Waals surface area contributed by atoms with E-state index in [1.807, 2.05) is 0 Å². The van der Waals surface area contributed by atoms with Crippen molar-refractivity contribution in [3.05, 3.63) is 29.0 Å². The van der Waals surface area contributed by atoms with E-state index < -0.39 is 11.8 Å². The number of carbonyl (C=O) groups excluding carboxylic acids is 1. The van der Waals surface area contributed by atoms with Crippen LogP contribution in [0.3, 0.4) is 0 Å². The van der Waals surface area contributed by atoms with Crippen molar-refractivity contribution < 1.29 is 23.8 Å². The number of carbonyl (C=O) groups is 2. The Bertz CT molecular complexity index is 572. The molecule has 0 aromatic heterocycles. The summed E-state index contributed by atoms with van der Waals surface area (Å²) in [5.74, 6) is -0.121. The second-order valence-corrected chi connectivity index (χ2v) is 6.34. The molecule has 0 aliphatic carbocycles. The lowest BCUT2D eigenvalue weighted by molar-refractivity contribution is -0.141. The van der Waals surface area contributed by atoms with Gasteiger partial charge in [-0.25, -0.2) is 4.39 Å². The lowest BCUT2D eigenvalue weighted by Crippen LogP contribution is -2.48. The topological polar surface area (TPSA) is 66.8 Å². The molecule has 0 radical (unpaired) electrons. The van der Waals surface area contributed by atoms with Gasteiger partial charge in [-0.1, -0.05) is 11.6 Å². The fourth-order valence-electron chi connectivity index (χ4n) is 2.15. The van der Waals surface area contributed by atoms with E-state index in [-0.39, 0.29) is 30.0 Å². The molecule has 1 atom stereocenters. The number of ether oxygens (including phenoxy) is 1. The minimum atomic E-state index is -0.934. The molecule has 1 fully saturated rings. The maximum atomic E-state index is 13.0. The van der Waals surface area contributed by atoms with Crippen LogP contribution in [-0.2, 0) is 9.59 Å². The maximum absolute atomic E-state index is 13.0. The predicted octanol–water partition coefficient (Wildman–Crippen LogP) is 2.28. The van der Waals surface area contributed by atoms with Crippen LogP contribution >= 0.6 is 23.4 Å². The fourth-order valence-corrected chi connectivity index (χ4v) is 3.38. The molecule has 1 aromatic carbocycles. The molecular formula is C14H15ClFNO4S. The van der Waals surface area contributed by atoms with Crippen LogP contribution in [0.25, 0.3) is 0 Å². The minimum Gasteiger partial charge on any atom is -0.484 e. The summed E-state index contributed by atoms with van der Waals surface area (Å²) in [4.78, 5) is 24.6. The van der Waals surface area contributed by atoms with Crippen molar-refractivity contribution in [3.63, 3.8) is 0 Å². The van der Waals surface area contributed by atoms with Crippen molar-refractivity contribution in [3.8, 4) is 5.75 Å². The predicted molar refractivity (Wildman–Crippen MR) is 82.0 cm³/mol. The van der Waals surface area contributed by atoms with Gasteiger partial charge in [-0.15, -0.1) is 0 Å². The van der Waals surface area contributed by atoms with Crippen molar-refractivity contribution in [2.75, 3.05) is 24.7 Å². The SMILES string of the molecule is O=C(O)CC1CSCCN1C(=O)COc1ccc(F)c(Cl)c1. The number of amides is 1. The molecule has 1 N–H and O–H groups in total. The van der Waals surface area contributed by atoms with Crippen LogP contribution in [-0.4, -0.2) is 52.6 Å². The van der Waals surface area contributed by atoms with Gasteiger partial charge in [0.15, 0.2) is 6.61 Å². The summed E-state index contributed by atoms with van der Waals surface area (Å²) in [7, 11) is 0.